The maximum atomic E-state index is 12.1. The van der Waals surface area contributed by atoms with Crippen molar-refractivity contribution >= 4 is 29.3 Å². The zero-order valence-corrected chi connectivity index (χ0v) is 13.6. The number of hydrogen-bond acceptors (Lipinski definition) is 3. The fourth-order valence-electron chi connectivity index (χ4n) is 2.00. The van der Waals surface area contributed by atoms with Crippen LogP contribution in [0, 0.1) is 0 Å². The fourth-order valence-corrected chi connectivity index (χ4v) is 2.59. The SMILES string of the molecule is O=C(NN=C(N=Cc1cccs1)c1ccccc1)c1ccccc1. The van der Waals surface area contributed by atoms with E-state index in [4.69, 9.17) is 0 Å². The Labute approximate surface area is 144 Å². The van der Waals surface area contributed by atoms with E-state index >= 15 is 0 Å². The zero-order valence-electron chi connectivity index (χ0n) is 12.8. The van der Waals surface area contributed by atoms with Crippen LogP contribution in [0.15, 0.2) is 88.3 Å². The minimum Gasteiger partial charge on any atom is -0.267 e. The van der Waals surface area contributed by atoms with Crippen LogP contribution in [-0.2, 0) is 0 Å². The van der Waals surface area contributed by atoms with Crippen molar-refractivity contribution in [2.24, 2.45) is 10.1 Å². The molecule has 0 spiro atoms. The van der Waals surface area contributed by atoms with E-state index in [-0.39, 0.29) is 5.91 Å². The van der Waals surface area contributed by atoms with Gasteiger partial charge in [-0.25, -0.2) is 10.4 Å². The summed E-state index contributed by atoms with van der Waals surface area (Å²) in [6.45, 7) is 0. The van der Waals surface area contributed by atoms with Crippen molar-refractivity contribution in [3.8, 4) is 0 Å². The van der Waals surface area contributed by atoms with E-state index in [1.165, 1.54) is 0 Å². The maximum absolute atomic E-state index is 12.1. The lowest BCUT2D eigenvalue weighted by atomic mass is 10.2. The molecule has 0 bridgehead atoms. The van der Waals surface area contributed by atoms with Gasteiger partial charge in [-0.3, -0.25) is 4.79 Å². The van der Waals surface area contributed by atoms with Gasteiger partial charge in [0.2, 0.25) is 0 Å². The minimum absolute atomic E-state index is 0.268. The average molecular weight is 333 g/mol. The van der Waals surface area contributed by atoms with Crippen molar-refractivity contribution in [3.63, 3.8) is 0 Å². The summed E-state index contributed by atoms with van der Waals surface area (Å²) in [7, 11) is 0. The van der Waals surface area contributed by atoms with Gasteiger partial charge in [0.1, 0.15) is 0 Å². The summed E-state index contributed by atoms with van der Waals surface area (Å²) in [5.74, 6) is 0.184. The lowest BCUT2D eigenvalue weighted by Crippen LogP contribution is -2.19. The number of carbonyl (C=O) groups excluding carboxylic acids is 1. The van der Waals surface area contributed by atoms with Crippen molar-refractivity contribution in [1.29, 1.82) is 0 Å². The molecular weight excluding hydrogens is 318 g/mol. The Hall–Kier alpha value is -3.05. The van der Waals surface area contributed by atoms with Crippen LogP contribution >= 0.6 is 11.3 Å². The molecule has 2 aromatic carbocycles. The number of hydrazone groups is 1. The molecule has 0 aliphatic carbocycles. The summed E-state index contributed by atoms with van der Waals surface area (Å²) < 4.78 is 0. The van der Waals surface area contributed by atoms with Gasteiger partial charge >= 0.3 is 0 Å². The number of hydrogen-bond donors (Lipinski definition) is 1. The van der Waals surface area contributed by atoms with Crippen LogP contribution in [0.3, 0.4) is 0 Å². The molecule has 0 fully saturated rings. The molecule has 118 valence electrons. The topological polar surface area (TPSA) is 53.8 Å². The molecule has 3 rings (SSSR count). The van der Waals surface area contributed by atoms with Gasteiger partial charge in [-0.05, 0) is 23.6 Å². The molecule has 0 aliphatic rings. The van der Waals surface area contributed by atoms with Crippen molar-refractivity contribution in [2.45, 2.75) is 0 Å². The third-order valence-corrected chi connectivity index (χ3v) is 4.00. The molecule has 5 heteroatoms. The molecule has 0 saturated carbocycles. The molecule has 1 aromatic heterocycles. The number of amides is 1. The monoisotopic (exact) mass is 333 g/mol. The van der Waals surface area contributed by atoms with Gasteiger partial charge < -0.3 is 0 Å². The molecule has 4 nitrogen and oxygen atoms in total. The molecule has 1 heterocycles. The third kappa shape index (κ3) is 4.24. The van der Waals surface area contributed by atoms with Crippen LogP contribution in [0.2, 0.25) is 0 Å². The van der Waals surface area contributed by atoms with Gasteiger partial charge in [0.05, 0.1) is 0 Å². The number of aliphatic imine (C=N–C) groups is 1. The Morgan fingerprint density at radius 1 is 0.875 bits per heavy atom. The van der Waals surface area contributed by atoms with Crippen LogP contribution in [0.5, 0.6) is 0 Å². The van der Waals surface area contributed by atoms with Crippen molar-refractivity contribution in [3.05, 3.63) is 94.2 Å². The Morgan fingerprint density at radius 3 is 2.17 bits per heavy atom. The second-order valence-electron chi connectivity index (χ2n) is 4.88. The van der Waals surface area contributed by atoms with E-state index in [2.05, 4.69) is 15.5 Å². The summed E-state index contributed by atoms with van der Waals surface area (Å²) in [5, 5.41) is 6.18. The minimum atomic E-state index is -0.268. The smallest absolute Gasteiger partial charge is 0.267 e. The van der Waals surface area contributed by atoms with Crippen LogP contribution in [-0.4, -0.2) is 18.0 Å². The third-order valence-electron chi connectivity index (χ3n) is 3.19. The van der Waals surface area contributed by atoms with Crippen molar-refractivity contribution in [2.75, 3.05) is 0 Å². The van der Waals surface area contributed by atoms with E-state index in [0.29, 0.717) is 11.4 Å². The first-order valence-corrected chi connectivity index (χ1v) is 8.27. The lowest BCUT2D eigenvalue weighted by molar-refractivity contribution is 0.0955. The molecule has 0 saturated heterocycles. The maximum Gasteiger partial charge on any atom is 0.271 e. The molecule has 3 aromatic rings. The molecule has 24 heavy (non-hydrogen) atoms. The second kappa shape index (κ2) is 7.99. The van der Waals surface area contributed by atoms with Gasteiger partial charge in [0, 0.05) is 22.2 Å². The highest BCUT2D eigenvalue weighted by atomic mass is 32.1. The Morgan fingerprint density at radius 2 is 1.54 bits per heavy atom. The first-order valence-electron chi connectivity index (χ1n) is 7.39. The highest BCUT2D eigenvalue weighted by molar-refractivity contribution is 7.11. The van der Waals surface area contributed by atoms with Gasteiger partial charge in [-0.1, -0.05) is 54.6 Å². The lowest BCUT2D eigenvalue weighted by Gasteiger charge is -2.03. The van der Waals surface area contributed by atoms with Crippen molar-refractivity contribution < 1.29 is 4.79 Å². The highest BCUT2D eigenvalue weighted by Gasteiger charge is 2.05. The Balaban J connectivity index is 1.83. The number of benzene rings is 2. The molecule has 1 amide bonds. The van der Waals surface area contributed by atoms with Crippen LogP contribution < -0.4 is 5.43 Å². The van der Waals surface area contributed by atoms with E-state index in [1.54, 1.807) is 29.7 Å². The Bertz CT molecular complexity index is 841. The van der Waals surface area contributed by atoms with E-state index in [0.717, 1.165) is 10.4 Å². The number of rotatable bonds is 4. The van der Waals surface area contributed by atoms with Crippen molar-refractivity contribution in [1.82, 2.24) is 5.43 Å². The second-order valence-corrected chi connectivity index (χ2v) is 5.86. The Kier molecular flexibility index (Phi) is 5.27. The molecule has 0 aliphatic heterocycles. The van der Waals surface area contributed by atoms with Gasteiger partial charge in [-0.2, -0.15) is 5.10 Å². The number of nitrogens with zero attached hydrogens (tertiary/aromatic N) is 2. The van der Waals surface area contributed by atoms with Gasteiger partial charge in [0.15, 0.2) is 5.84 Å². The van der Waals surface area contributed by atoms with Crippen LogP contribution in [0.4, 0.5) is 0 Å². The molecule has 0 radical (unpaired) electrons. The molecule has 1 N–H and O–H groups in total. The summed E-state index contributed by atoms with van der Waals surface area (Å²) >= 11 is 1.59. The number of carbonyl (C=O) groups is 1. The largest absolute Gasteiger partial charge is 0.271 e. The summed E-state index contributed by atoms with van der Waals surface area (Å²) in [4.78, 5) is 17.6. The first-order chi connectivity index (χ1) is 11.8. The van der Waals surface area contributed by atoms with Gasteiger partial charge in [-0.15, -0.1) is 11.3 Å². The molecule has 0 unspecified atom stereocenters. The van der Waals surface area contributed by atoms with E-state index in [9.17, 15) is 4.79 Å². The fraction of sp³-hybridized carbons (Fsp3) is 0. The normalized spacial score (nSPS) is 11.6. The first kappa shape index (κ1) is 15.8. The number of amidine groups is 1. The van der Waals surface area contributed by atoms with E-state index < -0.39 is 0 Å². The summed E-state index contributed by atoms with van der Waals surface area (Å²) in [6.07, 6.45) is 1.74. The quantitative estimate of drug-likeness (QED) is 0.438. The predicted octanol–water partition coefficient (Wildman–Crippen LogP) is 3.96. The molecular formula is C19H15N3OS. The van der Waals surface area contributed by atoms with Crippen LogP contribution in [0.1, 0.15) is 20.8 Å². The van der Waals surface area contributed by atoms with Gasteiger partial charge in [0.25, 0.3) is 5.91 Å². The van der Waals surface area contributed by atoms with Crippen LogP contribution in [0.25, 0.3) is 0 Å². The number of thiophene rings is 1. The zero-order chi connectivity index (χ0) is 16.6. The standard InChI is InChI=1S/C19H15N3OS/c23-19(16-10-5-2-6-11-16)22-21-18(15-8-3-1-4-9-15)20-14-17-12-7-13-24-17/h1-14H,(H,22,23). The summed E-state index contributed by atoms with van der Waals surface area (Å²) in [6, 6.07) is 22.4. The van der Waals surface area contributed by atoms with E-state index in [1.807, 2.05) is 66.0 Å². The number of nitrogens with one attached hydrogen (secondary N) is 1. The predicted molar refractivity (Wildman–Crippen MR) is 98.8 cm³/mol. The summed E-state index contributed by atoms with van der Waals surface area (Å²) in [5.41, 5.74) is 3.95. The highest BCUT2D eigenvalue weighted by Crippen LogP contribution is 2.07. The molecule has 0 atom stereocenters. The average Bonchev–Trinajstić information content (AvgIpc) is 3.16.